The van der Waals surface area contributed by atoms with Gasteiger partial charge in [-0.2, -0.15) is 13.2 Å². The highest BCUT2D eigenvalue weighted by Crippen LogP contribution is 2.32. The Hall–Kier alpha value is -2.71. The van der Waals surface area contributed by atoms with Gasteiger partial charge in [-0.1, -0.05) is 6.07 Å². The average molecular weight is 312 g/mol. The van der Waals surface area contributed by atoms with E-state index in [0.29, 0.717) is 22.4 Å². The van der Waals surface area contributed by atoms with Crippen LogP contribution in [0, 0.1) is 0 Å². The number of hydrazine groups is 1. The zero-order valence-corrected chi connectivity index (χ0v) is 11.0. The van der Waals surface area contributed by atoms with Crippen molar-refractivity contribution in [1.82, 2.24) is 15.8 Å². The van der Waals surface area contributed by atoms with Crippen LogP contribution in [0.2, 0.25) is 0 Å². The van der Waals surface area contributed by atoms with Gasteiger partial charge < -0.3 is 10.1 Å². The lowest BCUT2D eigenvalue weighted by Crippen LogP contribution is -2.21. The number of benzene rings is 1. The van der Waals surface area contributed by atoms with Crippen LogP contribution >= 0.6 is 0 Å². The molecule has 0 radical (unpaired) electrons. The number of aliphatic imine (C=N–C) groups is 1. The number of aromatic nitrogens is 1. The molecule has 0 bridgehead atoms. The Morgan fingerprint density at radius 1 is 1.32 bits per heavy atom. The minimum atomic E-state index is -4.42. The topological polar surface area (TPSA) is 109 Å². The molecule has 1 saturated heterocycles. The minimum absolute atomic E-state index is 0.0769. The second kappa shape index (κ2) is 4.93. The van der Waals surface area contributed by atoms with E-state index in [1.165, 1.54) is 12.3 Å². The molecule has 0 saturated carbocycles. The second-order valence-electron chi connectivity index (χ2n) is 4.86. The lowest BCUT2D eigenvalue weighted by atomic mass is 10.0. The van der Waals surface area contributed by atoms with E-state index in [-0.39, 0.29) is 6.42 Å². The summed E-state index contributed by atoms with van der Waals surface area (Å²) in [6, 6.07) is 2.30. The van der Waals surface area contributed by atoms with Crippen molar-refractivity contribution in [2.45, 2.75) is 18.6 Å². The van der Waals surface area contributed by atoms with Crippen molar-refractivity contribution in [3.05, 3.63) is 35.5 Å². The van der Waals surface area contributed by atoms with Gasteiger partial charge in [0.2, 0.25) is 5.96 Å². The van der Waals surface area contributed by atoms with E-state index in [4.69, 9.17) is 5.11 Å². The molecule has 2 heterocycles. The van der Waals surface area contributed by atoms with Gasteiger partial charge in [-0.15, -0.1) is 0 Å². The standard InChI is InChI=1S/C13H11F3N4O2/c14-13(15,16)7-1-2-8-6(5-17-9(8)4-7)3-10(11(21)22)18-12-19-20-12/h1-2,4-5,10,17H,3H2,(H,21,22)(H2,18,19,20)/t10-/m0/s1. The highest BCUT2D eigenvalue weighted by atomic mass is 19.4. The van der Waals surface area contributed by atoms with Crippen molar-refractivity contribution in [3.8, 4) is 0 Å². The zero-order chi connectivity index (χ0) is 15.9. The van der Waals surface area contributed by atoms with Crippen LogP contribution in [0.1, 0.15) is 11.1 Å². The van der Waals surface area contributed by atoms with E-state index in [0.717, 1.165) is 12.1 Å². The molecule has 22 heavy (non-hydrogen) atoms. The van der Waals surface area contributed by atoms with Crippen LogP contribution in [0.25, 0.3) is 10.9 Å². The Kier molecular flexibility index (Phi) is 3.19. The van der Waals surface area contributed by atoms with Crippen LogP contribution in [0.5, 0.6) is 0 Å². The summed E-state index contributed by atoms with van der Waals surface area (Å²) in [7, 11) is 0. The largest absolute Gasteiger partial charge is 0.480 e. The van der Waals surface area contributed by atoms with Gasteiger partial charge in [0.25, 0.3) is 0 Å². The van der Waals surface area contributed by atoms with Gasteiger partial charge in [0.1, 0.15) is 0 Å². The Balaban J connectivity index is 1.91. The number of rotatable bonds is 4. The number of aromatic amines is 1. The molecule has 2 aromatic rings. The van der Waals surface area contributed by atoms with E-state index in [1.54, 1.807) is 0 Å². The number of alkyl halides is 3. The van der Waals surface area contributed by atoms with Crippen molar-refractivity contribution < 1.29 is 23.1 Å². The van der Waals surface area contributed by atoms with Crippen LogP contribution in [0.3, 0.4) is 0 Å². The molecule has 3 rings (SSSR count). The van der Waals surface area contributed by atoms with Gasteiger partial charge in [-0.25, -0.2) is 9.79 Å². The fourth-order valence-corrected chi connectivity index (χ4v) is 2.18. The molecule has 1 aromatic heterocycles. The molecule has 0 aliphatic carbocycles. The molecule has 1 aliphatic rings. The Morgan fingerprint density at radius 2 is 2.05 bits per heavy atom. The van der Waals surface area contributed by atoms with Crippen LogP contribution in [-0.4, -0.2) is 28.1 Å². The highest BCUT2D eigenvalue weighted by Gasteiger charge is 2.31. The maximum Gasteiger partial charge on any atom is 0.416 e. The summed E-state index contributed by atoms with van der Waals surface area (Å²) < 4.78 is 38.0. The third kappa shape index (κ3) is 2.83. The molecular formula is C13H11F3N4O2. The number of carbonyl (C=O) groups is 1. The third-order valence-corrected chi connectivity index (χ3v) is 3.31. The van der Waals surface area contributed by atoms with Crippen molar-refractivity contribution >= 4 is 22.8 Å². The van der Waals surface area contributed by atoms with Gasteiger partial charge in [-0.3, -0.25) is 10.9 Å². The highest BCUT2D eigenvalue weighted by molar-refractivity contribution is 5.93. The minimum Gasteiger partial charge on any atom is -0.480 e. The molecular weight excluding hydrogens is 301 g/mol. The van der Waals surface area contributed by atoms with Gasteiger partial charge in [0, 0.05) is 23.5 Å². The average Bonchev–Trinajstić information content (AvgIpc) is 3.16. The second-order valence-corrected chi connectivity index (χ2v) is 4.86. The van der Waals surface area contributed by atoms with Crippen molar-refractivity contribution in [1.29, 1.82) is 0 Å². The molecule has 9 heteroatoms. The lowest BCUT2D eigenvalue weighted by Gasteiger charge is -2.07. The number of nitrogens with zero attached hydrogens (tertiary/aromatic N) is 1. The van der Waals surface area contributed by atoms with Crippen LogP contribution in [0.15, 0.2) is 29.4 Å². The Morgan fingerprint density at radius 3 is 2.64 bits per heavy atom. The number of hydrogen-bond donors (Lipinski definition) is 4. The number of H-pyrrole nitrogens is 1. The predicted molar refractivity (Wildman–Crippen MR) is 72.1 cm³/mol. The molecule has 0 spiro atoms. The predicted octanol–water partition coefficient (Wildman–Crippen LogP) is 1.65. The SMILES string of the molecule is O=C(O)[C@H](Cc1c[nH]c2cc(C(F)(F)F)ccc12)N=C1NN1. The van der Waals surface area contributed by atoms with E-state index in [9.17, 15) is 18.0 Å². The Labute approximate surface area is 122 Å². The molecule has 0 unspecified atom stereocenters. The monoisotopic (exact) mass is 312 g/mol. The number of fused-ring (bicyclic) bond motifs is 1. The van der Waals surface area contributed by atoms with E-state index in [1.807, 2.05) is 0 Å². The first-order valence-electron chi connectivity index (χ1n) is 6.34. The number of guanidine groups is 1. The Bertz CT molecular complexity index is 760. The number of halogens is 3. The number of hydrogen-bond acceptors (Lipinski definition) is 2. The van der Waals surface area contributed by atoms with Gasteiger partial charge in [0.15, 0.2) is 6.04 Å². The molecule has 116 valence electrons. The first kappa shape index (κ1) is 14.2. The van der Waals surface area contributed by atoms with Crippen molar-refractivity contribution in [2.75, 3.05) is 0 Å². The summed E-state index contributed by atoms with van der Waals surface area (Å²) in [4.78, 5) is 17.9. The number of carboxylic acid groups (broad SMARTS) is 1. The molecule has 1 aliphatic heterocycles. The summed E-state index contributed by atoms with van der Waals surface area (Å²) in [6.07, 6.45) is -2.83. The first-order chi connectivity index (χ1) is 10.3. The summed E-state index contributed by atoms with van der Waals surface area (Å²) >= 11 is 0. The zero-order valence-electron chi connectivity index (χ0n) is 11.0. The third-order valence-electron chi connectivity index (χ3n) is 3.31. The van der Waals surface area contributed by atoms with Gasteiger partial charge in [0.05, 0.1) is 5.56 Å². The maximum atomic E-state index is 12.7. The number of carboxylic acids is 1. The lowest BCUT2D eigenvalue weighted by molar-refractivity contribution is -0.138. The normalized spacial score (nSPS) is 15.1. The van der Waals surface area contributed by atoms with E-state index >= 15 is 0 Å². The first-order valence-corrected chi connectivity index (χ1v) is 6.34. The summed E-state index contributed by atoms with van der Waals surface area (Å²) in [5.74, 6) is -0.726. The van der Waals surface area contributed by atoms with E-state index in [2.05, 4.69) is 20.8 Å². The molecule has 4 N–H and O–H groups in total. The summed E-state index contributed by atoms with van der Waals surface area (Å²) in [5, 5.41) is 9.70. The van der Waals surface area contributed by atoms with Gasteiger partial charge >= 0.3 is 12.1 Å². The molecule has 1 aromatic carbocycles. The molecule has 1 atom stereocenters. The fraction of sp³-hybridized carbons (Fsp3) is 0.231. The van der Waals surface area contributed by atoms with Gasteiger partial charge in [-0.05, 0) is 17.7 Å². The molecule has 6 nitrogen and oxygen atoms in total. The summed E-state index contributed by atoms with van der Waals surface area (Å²) in [5.41, 5.74) is 5.28. The smallest absolute Gasteiger partial charge is 0.416 e. The molecule has 0 amide bonds. The quantitative estimate of drug-likeness (QED) is 0.643. The number of aliphatic carboxylic acids is 1. The number of nitrogens with one attached hydrogen (secondary N) is 3. The van der Waals surface area contributed by atoms with E-state index < -0.39 is 23.8 Å². The van der Waals surface area contributed by atoms with Crippen LogP contribution < -0.4 is 10.9 Å². The molecule has 1 fully saturated rings. The summed E-state index contributed by atoms with van der Waals surface area (Å²) in [6.45, 7) is 0. The maximum absolute atomic E-state index is 12.7. The van der Waals surface area contributed by atoms with Crippen LogP contribution in [-0.2, 0) is 17.4 Å². The van der Waals surface area contributed by atoms with Crippen molar-refractivity contribution in [2.24, 2.45) is 4.99 Å². The fourth-order valence-electron chi connectivity index (χ4n) is 2.18. The van der Waals surface area contributed by atoms with Crippen LogP contribution in [0.4, 0.5) is 13.2 Å². The van der Waals surface area contributed by atoms with Crippen molar-refractivity contribution in [3.63, 3.8) is 0 Å².